The van der Waals surface area contributed by atoms with Crippen molar-refractivity contribution in [1.82, 2.24) is 29.4 Å². The summed E-state index contributed by atoms with van der Waals surface area (Å²) in [5.74, 6) is 1.02. The fraction of sp³-hybridized carbons (Fsp3) is 0.368. The van der Waals surface area contributed by atoms with Crippen molar-refractivity contribution in [2.45, 2.75) is 33.9 Å². The van der Waals surface area contributed by atoms with Crippen molar-refractivity contribution in [3.63, 3.8) is 0 Å². The second kappa shape index (κ2) is 7.69. The molecule has 0 saturated heterocycles. The summed E-state index contributed by atoms with van der Waals surface area (Å²) >= 11 is 0. The molecule has 0 aliphatic rings. The predicted molar refractivity (Wildman–Crippen MR) is 98.7 cm³/mol. The zero-order valence-corrected chi connectivity index (χ0v) is 15.9. The lowest BCUT2D eigenvalue weighted by molar-refractivity contribution is -0.134. The van der Waals surface area contributed by atoms with Crippen molar-refractivity contribution >= 4 is 5.91 Å². The lowest BCUT2D eigenvalue weighted by Gasteiger charge is -2.21. The highest BCUT2D eigenvalue weighted by Crippen LogP contribution is 2.13. The molecule has 0 aliphatic carbocycles. The molecular weight excluding hydrogens is 347 g/mol. The van der Waals surface area contributed by atoms with E-state index in [4.69, 9.17) is 0 Å². The van der Waals surface area contributed by atoms with Gasteiger partial charge in [-0.25, -0.2) is 18.7 Å². The lowest BCUT2D eigenvalue weighted by atomic mass is 10.1. The van der Waals surface area contributed by atoms with E-state index in [-0.39, 0.29) is 17.6 Å². The average Bonchev–Trinajstić information content (AvgIpc) is 3.21. The summed E-state index contributed by atoms with van der Waals surface area (Å²) in [4.78, 5) is 18.6. The van der Waals surface area contributed by atoms with Crippen LogP contribution in [0.25, 0.3) is 5.69 Å². The Hall–Kier alpha value is -3.03. The van der Waals surface area contributed by atoms with E-state index in [0.29, 0.717) is 18.9 Å². The number of hydrogen-bond acceptors (Lipinski definition) is 4. The third-order valence-corrected chi connectivity index (χ3v) is 4.35. The van der Waals surface area contributed by atoms with Gasteiger partial charge in [-0.1, -0.05) is 6.92 Å². The number of aryl methyl sites for hydroxylation is 2. The number of halogens is 1. The van der Waals surface area contributed by atoms with Crippen molar-refractivity contribution in [2.24, 2.45) is 5.92 Å². The van der Waals surface area contributed by atoms with E-state index in [0.717, 1.165) is 17.1 Å². The molecule has 3 rings (SSSR count). The van der Waals surface area contributed by atoms with Gasteiger partial charge in [0.15, 0.2) is 0 Å². The first kappa shape index (κ1) is 18.8. The van der Waals surface area contributed by atoms with E-state index < -0.39 is 0 Å². The Morgan fingerprint density at radius 3 is 2.59 bits per heavy atom. The number of aromatic nitrogens is 5. The van der Waals surface area contributed by atoms with E-state index in [1.807, 2.05) is 27.0 Å². The van der Waals surface area contributed by atoms with Crippen molar-refractivity contribution in [1.29, 1.82) is 0 Å². The summed E-state index contributed by atoms with van der Waals surface area (Å²) in [5, 5.41) is 8.60. The minimum Gasteiger partial charge on any atom is -0.341 e. The van der Waals surface area contributed by atoms with Gasteiger partial charge in [0.1, 0.15) is 17.5 Å². The SMILES string of the molecule is Cc1nc(C)n(C[C@H](C)C(=O)N(C)Cc2cnn(-c3ccc(F)cc3)c2)n1. The van der Waals surface area contributed by atoms with Gasteiger partial charge in [-0.15, -0.1) is 0 Å². The zero-order chi connectivity index (χ0) is 19.6. The van der Waals surface area contributed by atoms with Crippen LogP contribution in [0.15, 0.2) is 36.7 Å². The Kier molecular flexibility index (Phi) is 5.34. The second-order valence-electron chi connectivity index (χ2n) is 6.75. The molecule has 0 bridgehead atoms. The van der Waals surface area contributed by atoms with E-state index in [1.165, 1.54) is 12.1 Å². The van der Waals surface area contributed by atoms with Crippen LogP contribution in [-0.4, -0.2) is 42.4 Å². The Morgan fingerprint density at radius 2 is 1.96 bits per heavy atom. The fourth-order valence-corrected chi connectivity index (χ4v) is 2.98. The Bertz CT molecular complexity index is 930. The quantitative estimate of drug-likeness (QED) is 0.669. The van der Waals surface area contributed by atoms with Crippen LogP contribution in [0, 0.1) is 25.6 Å². The number of rotatable bonds is 6. The van der Waals surface area contributed by atoms with Crippen LogP contribution in [0.3, 0.4) is 0 Å². The minimum absolute atomic E-state index is 0.0251. The molecule has 142 valence electrons. The van der Waals surface area contributed by atoms with Gasteiger partial charge < -0.3 is 4.90 Å². The standard InChI is InChI=1S/C19H23FN6O/c1-13(10-25-15(3)22-14(2)23-25)19(27)24(4)11-16-9-21-26(12-16)18-7-5-17(20)6-8-18/h5-9,12-13H,10-11H2,1-4H3/t13-/m0/s1. The van der Waals surface area contributed by atoms with Gasteiger partial charge >= 0.3 is 0 Å². The van der Waals surface area contributed by atoms with E-state index in [9.17, 15) is 9.18 Å². The third-order valence-electron chi connectivity index (χ3n) is 4.35. The van der Waals surface area contributed by atoms with Gasteiger partial charge in [-0.05, 0) is 38.1 Å². The predicted octanol–water partition coefficient (Wildman–Crippen LogP) is 2.51. The molecule has 0 spiro atoms. The number of hydrogen-bond donors (Lipinski definition) is 0. The van der Waals surface area contributed by atoms with Crippen molar-refractivity contribution in [3.05, 3.63) is 59.7 Å². The zero-order valence-electron chi connectivity index (χ0n) is 15.9. The van der Waals surface area contributed by atoms with Crippen LogP contribution in [-0.2, 0) is 17.9 Å². The first-order valence-electron chi connectivity index (χ1n) is 8.76. The van der Waals surface area contributed by atoms with E-state index >= 15 is 0 Å². The van der Waals surface area contributed by atoms with Crippen LogP contribution in [0.2, 0.25) is 0 Å². The molecule has 7 nitrogen and oxygen atoms in total. The number of nitrogens with zero attached hydrogens (tertiary/aromatic N) is 6. The van der Waals surface area contributed by atoms with Crippen LogP contribution in [0.4, 0.5) is 4.39 Å². The number of carbonyl (C=O) groups is 1. The van der Waals surface area contributed by atoms with E-state index in [2.05, 4.69) is 15.2 Å². The molecule has 0 saturated carbocycles. The number of amides is 1. The topological polar surface area (TPSA) is 68.8 Å². The molecule has 2 heterocycles. The molecule has 0 radical (unpaired) electrons. The van der Waals surface area contributed by atoms with Crippen LogP contribution in [0.1, 0.15) is 24.1 Å². The van der Waals surface area contributed by atoms with Crippen LogP contribution >= 0.6 is 0 Å². The summed E-state index contributed by atoms with van der Waals surface area (Å²) in [7, 11) is 1.77. The van der Waals surface area contributed by atoms with Crippen LogP contribution < -0.4 is 0 Å². The Labute approximate surface area is 157 Å². The monoisotopic (exact) mass is 370 g/mol. The van der Waals surface area contributed by atoms with Crippen LogP contribution in [0.5, 0.6) is 0 Å². The third kappa shape index (κ3) is 4.39. The first-order valence-corrected chi connectivity index (χ1v) is 8.76. The maximum atomic E-state index is 13.0. The highest BCUT2D eigenvalue weighted by molar-refractivity contribution is 5.78. The normalized spacial score (nSPS) is 12.2. The molecule has 1 aromatic carbocycles. The summed E-state index contributed by atoms with van der Waals surface area (Å²) in [6.07, 6.45) is 3.55. The average molecular weight is 370 g/mol. The fourth-order valence-electron chi connectivity index (χ4n) is 2.98. The molecule has 1 atom stereocenters. The number of benzene rings is 1. The summed E-state index contributed by atoms with van der Waals surface area (Å²) in [5.41, 5.74) is 1.66. The van der Waals surface area contributed by atoms with Gasteiger partial charge in [0, 0.05) is 25.4 Å². The van der Waals surface area contributed by atoms with Crippen molar-refractivity contribution < 1.29 is 9.18 Å². The molecular formula is C19H23FN6O. The molecule has 0 aliphatic heterocycles. The summed E-state index contributed by atoms with van der Waals surface area (Å²) < 4.78 is 16.5. The molecule has 0 unspecified atom stereocenters. The van der Waals surface area contributed by atoms with E-state index in [1.54, 1.807) is 39.6 Å². The van der Waals surface area contributed by atoms with Gasteiger partial charge in [0.2, 0.25) is 5.91 Å². The summed E-state index contributed by atoms with van der Waals surface area (Å²) in [6, 6.07) is 6.10. The minimum atomic E-state index is -0.289. The largest absolute Gasteiger partial charge is 0.341 e. The molecule has 0 fully saturated rings. The van der Waals surface area contributed by atoms with Crippen molar-refractivity contribution in [3.8, 4) is 5.69 Å². The van der Waals surface area contributed by atoms with Gasteiger partial charge in [0.25, 0.3) is 0 Å². The molecule has 3 aromatic rings. The van der Waals surface area contributed by atoms with Gasteiger partial charge in [0.05, 0.1) is 24.3 Å². The molecule has 27 heavy (non-hydrogen) atoms. The summed E-state index contributed by atoms with van der Waals surface area (Å²) in [6.45, 7) is 6.54. The number of carbonyl (C=O) groups excluding carboxylic acids is 1. The smallest absolute Gasteiger partial charge is 0.227 e. The van der Waals surface area contributed by atoms with Crippen molar-refractivity contribution in [2.75, 3.05) is 7.05 Å². The molecule has 0 N–H and O–H groups in total. The maximum absolute atomic E-state index is 13.0. The van der Waals surface area contributed by atoms with Gasteiger partial charge in [-0.2, -0.15) is 10.2 Å². The Morgan fingerprint density at radius 1 is 1.26 bits per heavy atom. The Balaban J connectivity index is 1.62. The highest BCUT2D eigenvalue weighted by atomic mass is 19.1. The second-order valence-corrected chi connectivity index (χ2v) is 6.75. The maximum Gasteiger partial charge on any atom is 0.227 e. The van der Waals surface area contributed by atoms with Gasteiger partial charge in [-0.3, -0.25) is 4.79 Å². The lowest BCUT2D eigenvalue weighted by Crippen LogP contribution is -2.33. The first-order chi connectivity index (χ1) is 12.8. The molecule has 1 amide bonds. The molecule has 2 aromatic heterocycles. The molecule has 8 heteroatoms. The highest BCUT2D eigenvalue weighted by Gasteiger charge is 2.20.